The van der Waals surface area contributed by atoms with E-state index in [4.69, 9.17) is 0 Å². The van der Waals surface area contributed by atoms with Gasteiger partial charge in [-0.2, -0.15) is 5.10 Å². The lowest BCUT2D eigenvalue weighted by Gasteiger charge is -2.06. The number of carbonyl (C=O) groups excluding carboxylic acids is 2. The smallest absolute Gasteiger partial charge is 0.251 e. The van der Waals surface area contributed by atoms with Gasteiger partial charge >= 0.3 is 0 Å². The van der Waals surface area contributed by atoms with Crippen molar-refractivity contribution in [1.82, 2.24) is 10.3 Å². The van der Waals surface area contributed by atoms with Crippen molar-refractivity contribution in [3.8, 4) is 0 Å². The highest BCUT2D eigenvalue weighted by Gasteiger charge is 2.05. The van der Waals surface area contributed by atoms with Crippen LogP contribution in [0, 0.1) is 0 Å². The summed E-state index contributed by atoms with van der Waals surface area (Å²) in [6.07, 6.45) is 2.42. The second-order valence-electron chi connectivity index (χ2n) is 5.63. The number of aromatic nitrogens is 1. The fourth-order valence-electron chi connectivity index (χ4n) is 2.08. The number of anilines is 1. The number of benzene rings is 1. The number of hydrogen-bond donors (Lipinski definition) is 2. The van der Waals surface area contributed by atoms with Crippen molar-refractivity contribution in [3.63, 3.8) is 0 Å². The van der Waals surface area contributed by atoms with E-state index in [2.05, 4.69) is 20.8 Å². The van der Waals surface area contributed by atoms with Crippen LogP contribution >= 0.6 is 0 Å². The summed E-state index contributed by atoms with van der Waals surface area (Å²) in [5, 5.41) is 7.12. The van der Waals surface area contributed by atoms with Gasteiger partial charge in [0.05, 0.1) is 5.71 Å². The molecule has 0 spiro atoms. The predicted octanol–water partition coefficient (Wildman–Crippen LogP) is 3.26. The van der Waals surface area contributed by atoms with Crippen LogP contribution in [0.2, 0.25) is 0 Å². The van der Waals surface area contributed by atoms with Crippen LogP contribution in [0.25, 0.3) is 0 Å². The third kappa shape index (κ3) is 5.24. The average molecular weight is 338 g/mol. The number of Topliss-reactive ketones (excluding diaryl/α,β-unsaturated/α-hetero) is 1. The third-order valence-corrected chi connectivity index (χ3v) is 3.61. The first-order valence-corrected chi connectivity index (χ1v) is 8.17. The van der Waals surface area contributed by atoms with Crippen molar-refractivity contribution < 1.29 is 9.59 Å². The van der Waals surface area contributed by atoms with Crippen LogP contribution in [-0.4, -0.2) is 28.9 Å². The minimum atomic E-state index is -0.0733. The molecule has 0 radical (unpaired) electrons. The molecule has 1 aromatic carbocycles. The lowest BCUT2D eigenvalue weighted by molar-refractivity contribution is 0.0952. The molecule has 0 unspecified atom stereocenters. The number of rotatable bonds is 7. The second kappa shape index (κ2) is 8.73. The van der Waals surface area contributed by atoms with Crippen LogP contribution in [0.1, 0.15) is 53.5 Å². The molecule has 25 heavy (non-hydrogen) atoms. The molecule has 130 valence electrons. The number of ketones is 1. The molecule has 0 aliphatic carbocycles. The summed E-state index contributed by atoms with van der Waals surface area (Å²) < 4.78 is 0. The Balaban J connectivity index is 2.01. The van der Waals surface area contributed by atoms with E-state index in [1.54, 1.807) is 24.3 Å². The van der Waals surface area contributed by atoms with Gasteiger partial charge in [0, 0.05) is 23.9 Å². The van der Waals surface area contributed by atoms with Crippen LogP contribution < -0.4 is 10.7 Å². The predicted molar refractivity (Wildman–Crippen MR) is 99.1 cm³/mol. The van der Waals surface area contributed by atoms with E-state index < -0.39 is 0 Å². The third-order valence-electron chi connectivity index (χ3n) is 3.61. The van der Waals surface area contributed by atoms with Gasteiger partial charge < -0.3 is 5.32 Å². The van der Waals surface area contributed by atoms with Gasteiger partial charge in [-0.1, -0.05) is 19.1 Å². The molecule has 2 aromatic rings. The summed E-state index contributed by atoms with van der Waals surface area (Å²) in [6, 6.07) is 10.7. The first kappa shape index (κ1) is 18.3. The monoisotopic (exact) mass is 338 g/mol. The molecule has 0 fully saturated rings. The Hall–Kier alpha value is -3.02. The van der Waals surface area contributed by atoms with Crippen molar-refractivity contribution in [2.45, 2.75) is 27.2 Å². The Labute approximate surface area is 147 Å². The van der Waals surface area contributed by atoms with Gasteiger partial charge in [-0.3, -0.25) is 15.0 Å². The van der Waals surface area contributed by atoms with Crippen molar-refractivity contribution in [1.29, 1.82) is 0 Å². The molecule has 2 rings (SSSR count). The van der Waals surface area contributed by atoms with Gasteiger partial charge in [-0.05, 0) is 50.1 Å². The first-order valence-electron chi connectivity index (χ1n) is 8.17. The van der Waals surface area contributed by atoms with E-state index in [-0.39, 0.29) is 11.7 Å². The van der Waals surface area contributed by atoms with Crippen LogP contribution in [-0.2, 0) is 0 Å². The Morgan fingerprint density at radius 2 is 1.64 bits per heavy atom. The van der Waals surface area contributed by atoms with Crippen molar-refractivity contribution in [2.75, 3.05) is 12.0 Å². The summed E-state index contributed by atoms with van der Waals surface area (Å²) in [6.45, 7) is 6.04. The number of hydrogen-bond acceptors (Lipinski definition) is 5. The second-order valence-corrected chi connectivity index (χ2v) is 5.63. The van der Waals surface area contributed by atoms with Gasteiger partial charge in [0.15, 0.2) is 5.78 Å². The van der Waals surface area contributed by atoms with E-state index in [1.165, 1.54) is 13.1 Å². The highest BCUT2D eigenvalue weighted by Crippen LogP contribution is 2.09. The molecule has 1 aromatic heterocycles. The minimum Gasteiger partial charge on any atom is -0.352 e. The lowest BCUT2D eigenvalue weighted by atomic mass is 10.1. The van der Waals surface area contributed by atoms with Crippen molar-refractivity contribution >= 4 is 23.2 Å². The molecule has 6 nitrogen and oxygen atoms in total. The Bertz CT molecular complexity index is 765. The maximum Gasteiger partial charge on any atom is 0.251 e. The molecule has 2 N–H and O–H groups in total. The highest BCUT2D eigenvalue weighted by atomic mass is 16.1. The van der Waals surface area contributed by atoms with Crippen LogP contribution in [0.3, 0.4) is 0 Å². The fraction of sp³-hybridized carbons (Fsp3) is 0.263. The molecule has 0 aliphatic rings. The number of carbonyl (C=O) groups is 2. The van der Waals surface area contributed by atoms with E-state index in [0.717, 1.165) is 17.7 Å². The quantitative estimate of drug-likeness (QED) is 0.461. The number of pyridine rings is 1. The van der Waals surface area contributed by atoms with E-state index in [0.29, 0.717) is 23.5 Å². The Morgan fingerprint density at radius 1 is 1.00 bits per heavy atom. The largest absolute Gasteiger partial charge is 0.352 e. The SMILES string of the molecule is CCCNC(=O)c1ccc(/C(C)=N/Nc2ccc(C(C)=O)cn2)cc1. The lowest BCUT2D eigenvalue weighted by Crippen LogP contribution is -2.23. The van der Waals surface area contributed by atoms with Crippen molar-refractivity contribution in [3.05, 3.63) is 59.3 Å². The van der Waals surface area contributed by atoms with Gasteiger partial charge in [-0.15, -0.1) is 0 Å². The van der Waals surface area contributed by atoms with Gasteiger partial charge in [0.2, 0.25) is 0 Å². The number of hydrazone groups is 1. The van der Waals surface area contributed by atoms with E-state index in [9.17, 15) is 9.59 Å². The number of amides is 1. The molecular formula is C19H22N4O2. The molecule has 0 saturated heterocycles. The average Bonchev–Trinajstić information content (AvgIpc) is 2.64. The van der Waals surface area contributed by atoms with Crippen LogP contribution in [0.5, 0.6) is 0 Å². The standard InChI is InChI=1S/C19H22N4O2/c1-4-11-20-19(25)16-7-5-15(6-8-16)13(2)22-23-18-10-9-17(12-21-18)14(3)24/h5-10,12H,4,11H2,1-3H3,(H,20,25)(H,21,23)/b22-13+. The number of nitrogens with one attached hydrogen (secondary N) is 2. The Morgan fingerprint density at radius 3 is 2.20 bits per heavy atom. The first-order chi connectivity index (χ1) is 12.0. The zero-order valence-corrected chi connectivity index (χ0v) is 14.7. The molecule has 0 atom stereocenters. The summed E-state index contributed by atoms with van der Waals surface area (Å²) in [4.78, 5) is 27.2. The van der Waals surface area contributed by atoms with Crippen LogP contribution in [0.4, 0.5) is 5.82 Å². The molecular weight excluding hydrogens is 316 g/mol. The summed E-state index contributed by atoms with van der Waals surface area (Å²) in [5.74, 6) is 0.456. The zero-order valence-electron chi connectivity index (χ0n) is 14.7. The maximum absolute atomic E-state index is 11.9. The number of nitrogens with zero attached hydrogens (tertiary/aromatic N) is 2. The zero-order chi connectivity index (χ0) is 18.2. The topological polar surface area (TPSA) is 83.5 Å². The van der Waals surface area contributed by atoms with Crippen molar-refractivity contribution in [2.24, 2.45) is 5.10 Å². The maximum atomic E-state index is 11.9. The van der Waals surface area contributed by atoms with Gasteiger partial charge in [-0.25, -0.2) is 4.98 Å². The normalized spacial score (nSPS) is 11.1. The minimum absolute atomic E-state index is 0.0261. The molecule has 1 heterocycles. The van der Waals surface area contributed by atoms with Gasteiger partial charge in [0.1, 0.15) is 5.82 Å². The molecule has 0 bridgehead atoms. The molecule has 1 amide bonds. The molecule has 6 heteroatoms. The molecule has 0 aliphatic heterocycles. The van der Waals surface area contributed by atoms with E-state index in [1.807, 2.05) is 26.0 Å². The summed E-state index contributed by atoms with van der Waals surface area (Å²) >= 11 is 0. The van der Waals surface area contributed by atoms with E-state index >= 15 is 0 Å². The molecule has 0 saturated carbocycles. The summed E-state index contributed by atoms with van der Waals surface area (Å²) in [7, 11) is 0. The highest BCUT2D eigenvalue weighted by molar-refractivity contribution is 6.00. The van der Waals surface area contributed by atoms with Crippen LogP contribution in [0.15, 0.2) is 47.7 Å². The Kier molecular flexibility index (Phi) is 6.39. The van der Waals surface area contributed by atoms with Gasteiger partial charge in [0.25, 0.3) is 5.91 Å². The fourth-order valence-corrected chi connectivity index (χ4v) is 2.08. The summed E-state index contributed by atoms with van der Waals surface area (Å²) in [5.41, 5.74) is 5.71.